The Bertz CT molecular complexity index is 172. The molecule has 1 amide bonds. The van der Waals surface area contributed by atoms with Gasteiger partial charge in [0, 0.05) is 6.54 Å². The fraction of sp³-hybridized carbons (Fsp3) is 0.900. The number of amides is 1. The molecular formula is C10H20BrNO. The first-order chi connectivity index (χ1) is 5.75. The molecule has 0 radical (unpaired) electrons. The second-order valence-corrected chi connectivity index (χ2v) is 6.00. The van der Waals surface area contributed by atoms with Crippen LogP contribution in [0.4, 0.5) is 0 Å². The normalized spacial score (nSPS) is 16.5. The highest BCUT2D eigenvalue weighted by atomic mass is 79.9. The molecule has 2 unspecified atom stereocenters. The van der Waals surface area contributed by atoms with Gasteiger partial charge in [0.25, 0.3) is 0 Å². The zero-order chi connectivity index (χ0) is 10.6. The van der Waals surface area contributed by atoms with E-state index in [9.17, 15) is 4.79 Å². The summed E-state index contributed by atoms with van der Waals surface area (Å²) in [5.41, 5.74) is 0.253. The summed E-state index contributed by atoms with van der Waals surface area (Å²) in [6.07, 6.45) is 0. The van der Waals surface area contributed by atoms with Crippen LogP contribution in [-0.4, -0.2) is 17.3 Å². The number of hydrogen-bond acceptors (Lipinski definition) is 1. The molecule has 0 aromatic rings. The fourth-order valence-electron chi connectivity index (χ4n) is 0.701. The Balaban J connectivity index is 3.84. The summed E-state index contributed by atoms with van der Waals surface area (Å²) in [7, 11) is 0. The standard InChI is InChI=1S/C10H20BrNO/c1-7(10(3,4)5)6-12-9(13)8(2)11/h7-8H,6H2,1-5H3,(H,12,13). The Morgan fingerprint density at radius 1 is 1.38 bits per heavy atom. The van der Waals surface area contributed by atoms with Crippen molar-refractivity contribution in [2.75, 3.05) is 6.54 Å². The molecule has 0 saturated carbocycles. The minimum atomic E-state index is -0.0975. The molecule has 2 atom stereocenters. The summed E-state index contributed by atoms with van der Waals surface area (Å²) in [5, 5.41) is 2.90. The summed E-state index contributed by atoms with van der Waals surface area (Å²) < 4.78 is 0. The van der Waals surface area contributed by atoms with Gasteiger partial charge in [-0.05, 0) is 18.3 Å². The summed E-state index contributed by atoms with van der Waals surface area (Å²) in [6.45, 7) is 11.3. The van der Waals surface area contributed by atoms with Crippen molar-refractivity contribution in [3.63, 3.8) is 0 Å². The maximum Gasteiger partial charge on any atom is 0.233 e. The van der Waals surface area contributed by atoms with E-state index in [4.69, 9.17) is 0 Å². The van der Waals surface area contributed by atoms with Crippen LogP contribution >= 0.6 is 15.9 Å². The number of alkyl halides is 1. The van der Waals surface area contributed by atoms with E-state index in [-0.39, 0.29) is 16.1 Å². The molecule has 3 heteroatoms. The lowest BCUT2D eigenvalue weighted by molar-refractivity contribution is -0.120. The third-order valence-corrected chi connectivity index (χ3v) is 2.84. The Hall–Kier alpha value is -0.0500. The quantitative estimate of drug-likeness (QED) is 0.766. The minimum Gasteiger partial charge on any atom is -0.355 e. The van der Waals surface area contributed by atoms with Gasteiger partial charge in [0.05, 0.1) is 4.83 Å². The Labute approximate surface area is 89.6 Å². The second kappa shape index (κ2) is 4.99. The first-order valence-electron chi connectivity index (χ1n) is 4.67. The summed E-state index contributed by atoms with van der Waals surface area (Å²) in [6, 6.07) is 0. The number of hydrogen-bond donors (Lipinski definition) is 1. The van der Waals surface area contributed by atoms with Gasteiger partial charge in [0.1, 0.15) is 0 Å². The van der Waals surface area contributed by atoms with Gasteiger partial charge in [0.2, 0.25) is 5.91 Å². The fourth-order valence-corrected chi connectivity index (χ4v) is 0.862. The van der Waals surface area contributed by atoms with Crippen LogP contribution in [0.15, 0.2) is 0 Å². The average molecular weight is 250 g/mol. The molecule has 2 nitrogen and oxygen atoms in total. The van der Waals surface area contributed by atoms with Crippen LogP contribution in [0.5, 0.6) is 0 Å². The Kier molecular flexibility index (Phi) is 4.97. The number of halogens is 1. The van der Waals surface area contributed by atoms with Crippen molar-refractivity contribution in [1.82, 2.24) is 5.32 Å². The predicted molar refractivity (Wildman–Crippen MR) is 60.0 cm³/mol. The van der Waals surface area contributed by atoms with Crippen molar-refractivity contribution < 1.29 is 4.79 Å². The lowest BCUT2D eigenvalue weighted by atomic mass is 9.82. The average Bonchev–Trinajstić information content (AvgIpc) is 1.97. The van der Waals surface area contributed by atoms with Crippen LogP contribution in [0.1, 0.15) is 34.6 Å². The van der Waals surface area contributed by atoms with Crippen LogP contribution in [0.2, 0.25) is 0 Å². The van der Waals surface area contributed by atoms with Crippen molar-refractivity contribution in [2.24, 2.45) is 11.3 Å². The van der Waals surface area contributed by atoms with E-state index >= 15 is 0 Å². The Morgan fingerprint density at radius 3 is 2.15 bits per heavy atom. The molecule has 0 aliphatic rings. The number of carbonyl (C=O) groups excluding carboxylic acids is 1. The summed E-state index contributed by atoms with van der Waals surface area (Å²) in [5.74, 6) is 0.554. The lowest BCUT2D eigenvalue weighted by Crippen LogP contribution is -2.36. The first kappa shape index (κ1) is 12.9. The molecule has 0 bridgehead atoms. The van der Waals surface area contributed by atoms with Gasteiger partial charge in [-0.2, -0.15) is 0 Å². The van der Waals surface area contributed by atoms with Gasteiger partial charge >= 0.3 is 0 Å². The van der Waals surface area contributed by atoms with Gasteiger partial charge in [-0.1, -0.05) is 43.6 Å². The van der Waals surface area contributed by atoms with E-state index in [1.807, 2.05) is 6.92 Å². The van der Waals surface area contributed by atoms with Crippen molar-refractivity contribution in [3.05, 3.63) is 0 Å². The van der Waals surface area contributed by atoms with Crippen LogP contribution in [-0.2, 0) is 4.79 Å². The molecule has 0 saturated heterocycles. The molecule has 1 N–H and O–H groups in total. The molecule has 0 fully saturated rings. The van der Waals surface area contributed by atoms with Crippen LogP contribution in [0.25, 0.3) is 0 Å². The maximum atomic E-state index is 11.2. The van der Waals surface area contributed by atoms with Crippen LogP contribution in [0, 0.1) is 11.3 Å². The minimum absolute atomic E-state index is 0.0658. The zero-order valence-electron chi connectivity index (χ0n) is 9.15. The van der Waals surface area contributed by atoms with Crippen molar-refractivity contribution in [1.29, 1.82) is 0 Å². The molecule has 0 rings (SSSR count). The molecular weight excluding hydrogens is 230 g/mol. The molecule has 0 heterocycles. The summed E-state index contributed by atoms with van der Waals surface area (Å²) >= 11 is 3.23. The van der Waals surface area contributed by atoms with Gasteiger partial charge in [0.15, 0.2) is 0 Å². The highest BCUT2D eigenvalue weighted by Crippen LogP contribution is 2.24. The number of rotatable bonds is 3. The van der Waals surface area contributed by atoms with Gasteiger partial charge in [-0.25, -0.2) is 0 Å². The lowest BCUT2D eigenvalue weighted by Gasteiger charge is -2.27. The van der Waals surface area contributed by atoms with Crippen molar-refractivity contribution in [2.45, 2.75) is 39.4 Å². The third kappa shape index (κ3) is 5.29. The smallest absolute Gasteiger partial charge is 0.233 e. The topological polar surface area (TPSA) is 29.1 Å². The third-order valence-electron chi connectivity index (χ3n) is 2.42. The molecule has 13 heavy (non-hydrogen) atoms. The van der Waals surface area contributed by atoms with Crippen molar-refractivity contribution >= 4 is 21.8 Å². The van der Waals surface area contributed by atoms with E-state index in [1.165, 1.54) is 0 Å². The number of carbonyl (C=O) groups is 1. The molecule has 0 spiro atoms. The van der Waals surface area contributed by atoms with E-state index in [1.54, 1.807) is 0 Å². The second-order valence-electron chi connectivity index (χ2n) is 4.63. The van der Waals surface area contributed by atoms with Crippen LogP contribution < -0.4 is 5.32 Å². The maximum absolute atomic E-state index is 11.2. The van der Waals surface area contributed by atoms with E-state index in [0.29, 0.717) is 5.92 Å². The summed E-state index contributed by atoms with van der Waals surface area (Å²) in [4.78, 5) is 11.1. The highest BCUT2D eigenvalue weighted by Gasteiger charge is 2.20. The predicted octanol–water partition coefficient (Wildman–Crippen LogP) is 2.57. The molecule has 0 aliphatic carbocycles. The van der Waals surface area contributed by atoms with Crippen LogP contribution in [0.3, 0.4) is 0 Å². The first-order valence-corrected chi connectivity index (χ1v) is 5.58. The SMILES string of the molecule is CC(Br)C(=O)NCC(C)C(C)(C)C. The highest BCUT2D eigenvalue weighted by molar-refractivity contribution is 9.10. The molecule has 78 valence electrons. The zero-order valence-corrected chi connectivity index (χ0v) is 10.7. The molecule has 0 aromatic carbocycles. The molecule has 0 aliphatic heterocycles. The van der Waals surface area contributed by atoms with E-state index < -0.39 is 0 Å². The van der Waals surface area contributed by atoms with E-state index in [0.717, 1.165) is 6.54 Å². The Morgan fingerprint density at radius 2 is 1.85 bits per heavy atom. The van der Waals surface area contributed by atoms with Gasteiger partial charge in [-0.3, -0.25) is 4.79 Å². The van der Waals surface area contributed by atoms with Gasteiger partial charge < -0.3 is 5.32 Å². The number of nitrogens with one attached hydrogen (secondary N) is 1. The monoisotopic (exact) mass is 249 g/mol. The molecule has 0 aromatic heterocycles. The van der Waals surface area contributed by atoms with Gasteiger partial charge in [-0.15, -0.1) is 0 Å². The van der Waals surface area contributed by atoms with E-state index in [2.05, 4.69) is 48.9 Å². The van der Waals surface area contributed by atoms with Crippen molar-refractivity contribution in [3.8, 4) is 0 Å². The largest absolute Gasteiger partial charge is 0.355 e.